The van der Waals surface area contributed by atoms with Crippen molar-refractivity contribution in [3.63, 3.8) is 0 Å². The van der Waals surface area contributed by atoms with E-state index >= 15 is 0 Å². The first-order valence-electron chi connectivity index (χ1n) is 18.4. The van der Waals surface area contributed by atoms with Gasteiger partial charge in [-0.2, -0.15) is 0 Å². The molecule has 0 saturated heterocycles. The van der Waals surface area contributed by atoms with Crippen LogP contribution in [0.5, 0.6) is 0 Å². The van der Waals surface area contributed by atoms with E-state index in [1.54, 1.807) is 0 Å². The third-order valence-electron chi connectivity index (χ3n) is 10.3. The Balaban J connectivity index is 1.38. The zero-order valence-corrected chi connectivity index (χ0v) is 30.4. The summed E-state index contributed by atoms with van der Waals surface area (Å²) in [4.78, 5) is 56.9. The lowest BCUT2D eigenvalue weighted by Crippen LogP contribution is -2.64. The zero-order valence-electron chi connectivity index (χ0n) is 30.4. The molecular formula is C45H44N4O5. The molecule has 0 fully saturated rings. The van der Waals surface area contributed by atoms with E-state index in [1.165, 1.54) is 0 Å². The van der Waals surface area contributed by atoms with Crippen molar-refractivity contribution in [1.29, 1.82) is 0 Å². The number of rotatable bonds is 8. The van der Waals surface area contributed by atoms with Crippen LogP contribution in [0.1, 0.15) is 41.7 Å². The summed E-state index contributed by atoms with van der Waals surface area (Å²) in [6.07, 6.45) is -0.217. The minimum atomic E-state index is -1.51. The van der Waals surface area contributed by atoms with E-state index in [9.17, 15) is 19.2 Å². The lowest BCUT2D eigenvalue weighted by molar-refractivity contribution is -0.135. The molecule has 1 unspecified atom stereocenters. The summed E-state index contributed by atoms with van der Waals surface area (Å²) in [6, 6.07) is 38.8. The molecule has 2 aliphatic rings. The van der Waals surface area contributed by atoms with Crippen LogP contribution in [-0.2, 0) is 51.5 Å². The van der Waals surface area contributed by atoms with Crippen molar-refractivity contribution in [3.05, 3.63) is 155 Å². The van der Waals surface area contributed by atoms with E-state index in [4.69, 9.17) is 4.74 Å². The fourth-order valence-electron chi connectivity index (χ4n) is 7.58. The van der Waals surface area contributed by atoms with Gasteiger partial charge in [-0.15, -0.1) is 0 Å². The number of ether oxygens (including phenoxy) is 1. The van der Waals surface area contributed by atoms with E-state index in [0.29, 0.717) is 0 Å². The molecule has 5 aromatic carbocycles. The number of benzene rings is 5. The maximum atomic E-state index is 14.9. The Labute approximate surface area is 315 Å². The number of fused-ring (bicyclic) bond motifs is 2. The number of alkyl carbamates (subject to hydrolysis) is 1. The van der Waals surface area contributed by atoms with E-state index in [1.807, 2.05) is 135 Å². The second-order valence-electron chi connectivity index (χ2n) is 14.4. The summed E-state index contributed by atoms with van der Waals surface area (Å²) in [5.74, 6) is -1.68. The molecule has 4 amide bonds. The first-order chi connectivity index (χ1) is 26.2. The van der Waals surface area contributed by atoms with Gasteiger partial charge in [0, 0.05) is 25.8 Å². The van der Waals surface area contributed by atoms with Crippen LogP contribution < -0.4 is 21.3 Å². The van der Waals surface area contributed by atoms with Gasteiger partial charge in [0.1, 0.15) is 24.2 Å². The number of carbonyl (C=O) groups is 4. The summed E-state index contributed by atoms with van der Waals surface area (Å²) < 4.78 is 5.71. The van der Waals surface area contributed by atoms with Crippen LogP contribution in [0.2, 0.25) is 0 Å². The Morgan fingerprint density at radius 3 is 1.94 bits per heavy atom. The topological polar surface area (TPSA) is 126 Å². The highest BCUT2D eigenvalue weighted by molar-refractivity contribution is 5.98. The molecule has 0 radical (unpaired) electrons. The molecule has 1 heterocycles. The molecule has 54 heavy (non-hydrogen) atoms. The first-order valence-corrected chi connectivity index (χ1v) is 18.4. The monoisotopic (exact) mass is 720 g/mol. The van der Waals surface area contributed by atoms with Crippen LogP contribution >= 0.6 is 0 Å². The Hall–Kier alpha value is -6.22. The molecule has 1 aliphatic heterocycles. The third kappa shape index (κ3) is 7.76. The predicted octanol–water partition coefficient (Wildman–Crippen LogP) is 6.28. The molecule has 1 aliphatic carbocycles. The lowest BCUT2D eigenvalue weighted by Gasteiger charge is -2.32. The van der Waals surface area contributed by atoms with Crippen LogP contribution in [0, 0.1) is 5.92 Å². The molecule has 4 N–H and O–H groups in total. The van der Waals surface area contributed by atoms with E-state index < -0.39 is 35.5 Å². The maximum Gasteiger partial charge on any atom is 0.408 e. The summed E-state index contributed by atoms with van der Waals surface area (Å²) in [7, 11) is 0. The van der Waals surface area contributed by atoms with Gasteiger partial charge in [0.2, 0.25) is 17.7 Å². The average Bonchev–Trinajstić information content (AvgIpc) is 3.58. The van der Waals surface area contributed by atoms with Gasteiger partial charge in [0.05, 0.1) is 0 Å². The largest absolute Gasteiger partial charge is 0.445 e. The van der Waals surface area contributed by atoms with Crippen molar-refractivity contribution in [1.82, 2.24) is 21.3 Å². The van der Waals surface area contributed by atoms with Crippen LogP contribution in [-0.4, -0.2) is 41.4 Å². The molecule has 3 bridgehead atoms. The van der Waals surface area contributed by atoms with Crippen molar-refractivity contribution in [3.8, 4) is 22.3 Å². The number of nitrogens with one attached hydrogen (secondary N) is 4. The molecule has 7 rings (SSSR count). The van der Waals surface area contributed by atoms with Gasteiger partial charge in [-0.25, -0.2) is 4.79 Å². The van der Waals surface area contributed by atoms with Gasteiger partial charge in [-0.3, -0.25) is 14.4 Å². The molecule has 9 nitrogen and oxygen atoms in total. The zero-order chi connectivity index (χ0) is 37.7. The molecule has 274 valence electrons. The minimum absolute atomic E-state index is 0.0194. The fraction of sp³-hybridized carbons (Fsp3) is 0.244. The van der Waals surface area contributed by atoms with Crippen molar-refractivity contribution in [2.24, 2.45) is 5.92 Å². The molecule has 0 saturated carbocycles. The van der Waals surface area contributed by atoms with Crippen LogP contribution in [0.25, 0.3) is 22.3 Å². The molecule has 9 heteroatoms. The summed E-state index contributed by atoms with van der Waals surface area (Å²) >= 11 is 0. The summed E-state index contributed by atoms with van der Waals surface area (Å²) in [6.45, 7) is 3.86. The summed E-state index contributed by atoms with van der Waals surface area (Å²) in [5.41, 5.74) is 6.44. The lowest BCUT2D eigenvalue weighted by atomic mass is 9.86. The number of amides is 4. The van der Waals surface area contributed by atoms with Crippen molar-refractivity contribution < 1.29 is 23.9 Å². The number of hydrogen-bond acceptors (Lipinski definition) is 5. The van der Waals surface area contributed by atoms with E-state index in [2.05, 4.69) is 27.3 Å². The number of hydrogen-bond donors (Lipinski definition) is 4. The minimum Gasteiger partial charge on any atom is -0.445 e. The Kier molecular flexibility index (Phi) is 10.6. The highest BCUT2D eigenvalue weighted by atomic mass is 16.5. The van der Waals surface area contributed by atoms with Crippen LogP contribution in [0.15, 0.2) is 127 Å². The normalized spacial score (nSPS) is 19.7. The highest BCUT2D eigenvalue weighted by Crippen LogP contribution is 2.45. The van der Waals surface area contributed by atoms with E-state index in [-0.39, 0.29) is 44.2 Å². The SMILES string of the molecule is CC(C)[C@@H]1NC(=O)C2(NC(=O)OCc3ccccc3)Cc3c(-c4ccccc4)cc(c(-c4ccccc4)c3C2)CNC(=O)[C@H](Cc2ccccc2)NC1=O. The summed E-state index contributed by atoms with van der Waals surface area (Å²) in [5, 5.41) is 12.1. The van der Waals surface area contributed by atoms with Gasteiger partial charge in [0.25, 0.3) is 0 Å². The Bertz CT molecular complexity index is 2140. The predicted molar refractivity (Wildman–Crippen MR) is 208 cm³/mol. The van der Waals surface area contributed by atoms with Crippen molar-refractivity contribution >= 4 is 23.8 Å². The quantitative estimate of drug-likeness (QED) is 0.150. The molecule has 5 aromatic rings. The van der Waals surface area contributed by atoms with Gasteiger partial charge in [-0.1, -0.05) is 135 Å². The first kappa shape index (κ1) is 36.2. The van der Waals surface area contributed by atoms with Crippen molar-refractivity contribution in [2.45, 2.75) is 63.9 Å². The smallest absolute Gasteiger partial charge is 0.408 e. The molecular weight excluding hydrogens is 677 g/mol. The Morgan fingerprint density at radius 2 is 1.31 bits per heavy atom. The third-order valence-corrected chi connectivity index (χ3v) is 10.3. The average molecular weight is 721 g/mol. The van der Waals surface area contributed by atoms with Gasteiger partial charge in [-0.05, 0) is 62.1 Å². The van der Waals surface area contributed by atoms with Crippen molar-refractivity contribution in [2.75, 3.05) is 0 Å². The molecule has 3 atom stereocenters. The van der Waals surface area contributed by atoms with Crippen LogP contribution in [0.3, 0.4) is 0 Å². The standard InChI is InChI=1S/C45H44N4O5/c1-29(2)40-42(51)47-38(23-30-15-7-3-8-16-30)41(50)46-27-34-24-35(32-19-11-5-12-20-32)36-25-45(43(52)48-40,26-37(36)39(34)33-21-13-6-14-22-33)49-44(53)54-28-31-17-9-4-10-18-31/h3-22,24,29,38,40H,23,25-28H2,1-2H3,(H,46,50)(H,47,51)(H,48,52)(H,49,53)/t38-,40-,45?/m0/s1. The second-order valence-corrected chi connectivity index (χ2v) is 14.4. The van der Waals surface area contributed by atoms with E-state index in [0.717, 1.165) is 50.1 Å². The molecule has 0 aromatic heterocycles. The van der Waals surface area contributed by atoms with Crippen LogP contribution in [0.4, 0.5) is 4.79 Å². The maximum absolute atomic E-state index is 14.9. The Morgan fingerprint density at radius 1 is 0.741 bits per heavy atom. The highest BCUT2D eigenvalue weighted by Gasteiger charge is 2.49. The molecule has 0 spiro atoms. The number of carbonyl (C=O) groups excluding carboxylic acids is 4. The fourth-order valence-corrected chi connectivity index (χ4v) is 7.58. The second kappa shape index (κ2) is 15.8. The van der Waals surface area contributed by atoms with Gasteiger partial charge in [0.15, 0.2) is 0 Å². The van der Waals surface area contributed by atoms with Gasteiger partial charge >= 0.3 is 6.09 Å². The van der Waals surface area contributed by atoms with Gasteiger partial charge < -0.3 is 26.0 Å².